The van der Waals surface area contributed by atoms with Gasteiger partial charge in [0, 0.05) is 6.42 Å². The van der Waals surface area contributed by atoms with Gasteiger partial charge in [0.25, 0.3) is 0 Å². The topological polar surface area (TPSA) is 26.3 Å². The summed E-state index contributed by atoms with van der Waals surface area (Å²) in [5.41, 5.74) is 2.05. The Balaban J connectivity index is 1.28. The Morgan fingerprint density at radius 3 is 0.957 bits per heavy atom. The summed E-state index contributed by atoms with van der Waals surface area (Å²) in [5.74, 6) is -0.0903. The molecule has 0 aliphatic rings. The van der Waals surface area contributed by atoms with Crippen molar-refractivity contribution in [1.82, 2.24) is 0 Å². The number of rotatable bonds is 32. The molecule has 2 nitrogen and oxygen atoms in total. The maximum atomic E-state index is 12.6. The first-order valence-corrected chi connectivity index (χ1v) is 20.1. The van der Waals surface area contributed by atoms with Crippen LogP contribution < -0.4 is 0 Å². The van der Waals surface area contributed by atoms with Crippen molar-refractivity contribution < 1.29 is 9.53 Å². The second-order valence-electron chi connectivity index (χ2n) is 14.0. The van der Waals surface area contributed by atoms with Gasteiger partial charge in [-0.25, -0.2) is 0 Å². The average Bonchev–Trinajstić information content (AvgIpc) is 3.09. The molecule has 0 fully saturated rings. The Kier molecular flexibility index (Phi) is 26.4. The maximum absolute atomic E-state index is 12.6. The van der Waals surface area contributed by atoms with Gasteiger partial charge in [-0.05, 0) is 17.5 Å². The molecule has 0 spiro atoms. The first kappa shape index (κ1) is 40.1. The number of carbonyl (C=O) groups is 1. The first-order valence-electron chi connectivity index (χ1n) is 20.1. The molecule has 0 aromatic heterocycles. The van der Waals surface area contributed by atoms with E-state index in [-0.39, 0.29) is 12.1 Å². The van der Waals surface area contributed by atoms with E-state index in [2.05, 4.69) is 6.92 Å². The van der Waals surface area contributed by atoms with E-state index in [1.165, 1.54) is 167 Å². The van der Waals surface area contributed by atoms with Gasteiger partial charge in [-0.3, -0.25) is 4.79 Å². The van der Waals surface area contributed by atoms with Gasteiger partial charge in [0.15, 0.2) is 6.10 Å². The van der Waals surface area contributed by atoms with E-state index in [0.717, 1.165) is 24.0 Å². The number of ether oxygens (including phenoxy) is 1. The molecule has 0 saturated heterocycles. The van der Waals surface area contributed by atoms with Crippen molar-refractivity contribution in [3.8, 4) is 0 Å². The quantitative estimate of drug-likeness (QED) is 0.0592. The normalized spacial score (nSPS) is 11.3. The molecule has 2 rings (SSSR count). The second kappa shape index (κ2) is 30.3. The largest absolute Gasteiger partial charge is 0.453 e. The van der Waals surface area contributed by atoms with Crippen LogP contribution in [-0.2, 0) is 9.53 Å². The fourth-order valence-electron chi connectivity index (χ4n) is 6.71. The van der Waals surface area contributed by atoms with Gasteiger partial charge in [0.1, 0.15) is 0 Å². The molecule has 0 radical (unpaired) electrons. The maximum Gasteiger partial charge on any atom is 0.306 e. The van der Waals surface area contributed by atoms with E-state index in [0.29, 0.717) is 6.42 Å². The van der Waals surface area contributed by atoms with Gasteiger partial charge in [-0.2, -0.15) is 0 Å². The molecule has 0 heterocycles. The molecule has 0 aliphatic heterocycles. The highest BCUT2D eigenvalue weighted by atomic mass is 16.5. The van der Waals surface area contributed by atoms with E-state index in [9.17, 15) is 4.79 Å². The highest BCUT2D eigenvalue weighted by Gasteiger charge is 2.18. The molecule has 260 valence electrons. The van der Waals surface area contributed by atoms with E-state index < -0.39 is 0 Å². The summed E-state index contributed by atoms with van der Waals surface area (Å²) < 4.78 is 5.94. The van der Waals surface area contributed by atoms with E-state index in [1.807, 2.05) is 60.7 Å². The summed E-state index contributed by atoms with van der Waals surface area (Å²) in [4.78, 5) is 12.6. The Morgan fingerprint density at radius 1 is 0.413 bits per heavy atom. The van der Waals surface area contributed by atoms with E-state index >= 15 is 0 Å². The average molecular weight is 633 g/mol. The van der Waals surface area contributed by atoms with Crippen LogP contribution >= 0.6 is 0 Å². The minimum Gasteiger partial charge on any atom is -0.453 e. The first-order chi connectivity index (χ1) is 22.8. The standard InChI is InChI=1S/C44H72O2/c1-2-3-4-5-6-7-8-9-10-11-12-13-14-15-16-17-18-19-20-21-22-23-24-25-26-27-28-35-40-43(45)46-44(41-36-31-29-32-37-41)42-38-33-30-34-39-42/h29-34,36-39,44H,2-28,35,40H2,1H3. The zero-order valence-electron chi connectivity index (χ0n) is 30.2. The molecular formula is C44H72O2. The number of unbranched alkanes of at least 4 members (excludes halogenated alkanes) is 27. The summed E-state index contributed by atoms with van der Waals surface area (Å²) in [5, 5.41) is 0. The molecule has 2 aromatic rings. The molecule has 2 aromatic carbocycles. The second-order valence-corrected chi connectivity index (χ2v) is 14.0. The summed E-state index contributed by atoms with van der Waals surface area (Å²) >= 11 is 0. The molecule has 0 aliphatic carbocycles. The third-order valence-corrected chi connectivity index (χ3v) is 9.69. The summed E-state index contributed by atoms with van der Waals surface area (Å²) in [7, 11) is 0. The number of esters is 1. The van der Waals surface area contributed by atoms with Crippen LogP contribution in [0.3, 0.4) is 0 Å². The monoisotopic (exact) mass is 633 g/mol. The minimum absolute atomic E-state index is 0.0903. The SMILES string of the molecule is CCCCCCCCCCCCCCCCCCCCCCCCCCCCCCC(=O)OC(c1ccccc1)c1ccccc1. The molecule has 46 heavy (non-hydrogen) atoms. The molecule has 0 bridgehead atoms. The lowest BCUT2D eigenvalue weighted by molar-refractivity contribution is -0.147. The highest BCUT2D eigenvalue weighted by Crippen LogP contribution is 2.27. The van der Waals surface area contributed by atoms with Crippen molar-refractivity contribution in [3.05, 3.63) is 71.8 Å². The minimum atomic E-state index is -0.325. The third kappa shape index (κ3) is 22.4. The van der Waals surface area contributed by atoms with Crippen molar-refractivity contribution >= 4 is 5.97 Å². The van der Waals surface area contributed by atoms with Crippen LogP contribution in [0.1, 0.15) is 210 Å². The smallest absolute Gasteiger partial charge is 0.306 e. The zero-order chi connectivity index (χ0) is 32.6. The molecule has 0 saturated carbocycles. The van der Waals surface area contributed by atoms with Crippen LogP contribution in [0.5, 0.6) is 0 Å². The van der Waals surface area contributed by atoms with Crippen LogP contribution in [0.4, 0.5) is 0 Å². The lowest BCUT2D eigenvalue weighted by atomic mass is 10.0. The summed E-state index contributed by atoms with van der Waals surface area (Å²) in [6.45, 7) is 2.30. The van der Waals surface area contributed by atoms with Crippen molar-refractivity contribution in [2.45, 2.75) is 199 Å². The number of benzene rings is 2. The fourth-order valence-corrected chi connectivity index (χ4v) is 6.71. The van der Waals surface area contributed by atoms with E-state index in [1.54, 1.807) is 0 Å². The van der Waals surface area contributed by atoms with Crippen molar-refractivity contribution in [3.63, 3.8) is 0 Å². The van der Waals surface area contributed by atoms with Crippen LogP contribution in [0, 0.1) is 0 Å². The fraction of sp³-hybridized carbons (Fsp3) is 0.705. The summed E-state index contributed by atoms with van der Waals surface area (Å²) in [6.07, 6.45) is 39.4. The van der Waals surface area contributed by atoms with Crippen LogP contribution in [0.15, 0.2) is 60.7 Å². The van der Waals surface area contributed by atoms with Crippen molar-refractivity contribution in [1.29, 1.82) is 0 Å². The lowest BCUT2D eigenvalue weighted by Gasteiger charge is -2.19. The third-order valence-electron chi connectivity index (χ3n) is 9.69. The van der Waals surface area contributed by atoms with Crippen molar-refractivity contribution in [2.75, 3.05) is 0 Å². The van der Waals surface area contributed by atoms with Crippen LogP contribution in [0.2, 0.25) is 0 Å². The Hall–Kier alpha value is -2.09. The molecule has 0 unspecified atom stereocenters. The Labute approximate surface area is 285 Å². The highest BCUT2D eigenvalue weighted by molar-refractivity contribution is 5.70. The van der Waals surface area contributed by atoms with Gasteiger partial charge in [0.2, 0.25) is 0 Å². The molecular weight excluding hydrogens is 560 g/mol. The van der Waals surface area contributed by atoms with E-state index in [4.69, 9.17) is 4.74 Å². The van der Waals surface area contributed by atoms with Gasteiger partial charge >= 0.3 is 5.97 Å². The lowest BCUT2D eigenvalue weighted by Crippen LogP contribution is -2.12. The van der Waals surface area contributed by atoms with Crippen LogP contribution in [0.25, 0.3) is 0 Å². The molecule has 0 amide bonds. The Morgan fingerprint density at radius 2 is 0.674 bits per heavy atom. The Bertz CT molecular complexity index is 869. The summed E-state index contributed by atoms with van der Waals surface area (Å²) in [6, 6.07) is 20.1. The predicted octanol–water partition coefficient (Wildman–Crippen LogP) is 14.7. The van der Waals surface area contributed by atoms with Gasteiger partial charge < -0.3 is 4.74 Å². The van der Waals surface area contributed by atoms with Gasteiger partial charge in [-0.15, -0.1) is 0 Å². The number of carbonyl (C=O) groups excluding carboxylic acids is 1. The zero-order valence-corrected chi connectivity index (χ0v) is 30.2. The number of hydrogen-bond donors (Lipinski definition) is 0. The molecule has 0 atom stereocenters. The molecule has 0 N–H and O–H groups in total. The molecule has 2 heteroatoms. The number of hydrogen-bond acceptors (Lipinski definition) is 2. The van der Waals surface area contributed by atoms with Gasteiger partial charge in [0.05, 0.1) is 0 Å². The van der Waals surface area contributed by atoms with Crippen LogP contribution in [-0.4, -0.2) is 5.97 Å². The van der Waals surface area contributed by atoms with Crippen molar-refractivity contribution in [2.24, 2.45) is 0 Å². The van der Waals surface area contributed by atoms with Gasteiger partial charge in [-0.1, -0.05) is 241 Å². The predicted molar refractivity (Wildman–Crippen MR) is 200 cm³/mol.